The van der Waals surface area contributed by atoms with Crippen LogP contribution < -0.4 is 4.74 Å². The smallest absolute Gasteiger partial charge is 0.416 e. The molecule has 5 atom stereocenters. The molecule has 42 heavy (non-hydrogen) atoms. The highest BCUT2D eigenvalue weighted by atomic mass is 19.4. The van der Waals surface area contributed by atoms with E-state index in [0.717, 1.165) is 31.5 Å². The molecule has 7 nitrogen and oxygen atoms in total. The Hall–Kier alpha value is -3.55. The van der Waals surface area contributed by atoms with Gasteiger partial charge in [0.15, 0.2) is 17.3 Å². The molecule has 2 bridgehead atoms. The molecule has 3 aliphatic carbocycles. The minimum absolute atomic E-state index is 0.0721. The van der Waals surface area contributed by atoms with Crippen LogP contribution in [-0.2, 0) is 16.4 Å². The summed E-state index contributed by atoms with van der Waals surface area (Å²) >= 11 is 0. The summed E-state index contributed by atoms with van der Waals surface area (Å²) in [6, 6.07) is 6.76. The van der Waals surface area contributed by atoms with Gasteiger partial charge in [-0.2, -0.15) is 13.2 Å². The lowest BCUT2D eigenvalue weighted by Crippen LogP contribution is -2.78. The van der Waals surface area contributed by atoms with E-state index in [4.69, 9.17) is 4.74 Å². The van der Waals surface area contributed by atoms with E-state index in [9.17, 15) is 33.0 Å². The average Bonchev–Trinajstić information content (AvgIpc) is 3.69. The second kappa shape index (κ2) is 9.22. The first-order valence-corrected chi connectivity index (χ1v) is 14.4. The number of hydrogen-bond donors (Lipinski definition) is 2. The van der Waals surface area contributed by atoms with E-state index in [2.05, 4.69) is 16.7 Å². The molecule has 0 unspecified atom stereocenters. The van der Waals surface area contributed by atoms with E-state index < -0.39 is 40.8 Å². The predicted molar refractivity (Wildman–Crippen MR) is 145 cm³/mol. The molecule has 2 aliphatic heterocycles. The van der Waals surface area contributed by atoms with Crippen molar-refractivity contribution >= 4 is 11.7 Å². The quantitative estimate of drug-likeness (QED) is 0.536. The minimum atomic E-state index is -4.45. The van der Waals surface area contributed by atoms with Crippen molar-refractivity contribution in [2.45, 2.75) is 61.4 Å². The fraction of sp³-hybridized carbons (Fsp3) is 0.500. The average molecular weight is 581 g/mol. The van der Waals surface area contributed by atoms with Crippen molar-refractivity contribution in [2.24, 2.45) is 11.8 Å². The van der Waals surface area contributed by atoms with Crippen LogP contribution in [0.15, 0.2) is 36.4 Å². The molecule has 1 saturated heterocycles. The number of hydrogen-bond acceptors (Lipinski definition) is 6. The molecule has 1 spiro atoms. The lowest BCUT2D eigenvalue weighted by Gasteiger charge is -2.63. The van der Waals surface area contributed by atoms with Crippen LogP contribution in [0.1, 0.15) is 59.2 Å². The molecule has 0 radical (unpaired) electrons. The number of rotatable bonds is 4. The summed E-state index contributed by atoms with van der Waals surface area (Å²) in [4.78, 5) is 30.5. The number of ether oxygens (including phenoxy) is 1. The van der Waals surface area contributed by atoms with Crippen LogP contribution >= 0.6 is 0 Å². The third-order valence-corrected chi connectivity index (χ3v) is 10.1. The standard InChI is InChI=1S/C32H31F3N2O5/c1-36(24(39)11-6-18-4-7-21(8-5-18)32(33,34)35)17-20-12-13-31(41)28-26(40)22-9-10-23(38)27-25(22)30(31,29(20)42-27)14-15-37(28)16-19-2-3-19/h4-5,7-10,19-20,28-29,38,41H,2-3,12-17H2,1H3/t20-,28-,29+,30+,31-/m1/s1. The fourth-order valence-electron chi connectivity index (χ4n) is 8.01. The van der Waals surface area contributed by atoms with Crippen molar-refractivity contribution in [1.29, 1.82) is 0 Å². The van der Waals surface area contributed by atoms with Crippen molar-refractivity contribution in [3.8, 4) is 23.3 Å². The first-order chi connectivity index (χ1) is 19.9. The topological polar surface area (TPSA) is 90.3 Å². The van der Waals surface area contributed by atoms with Gasteiger partial charge < -0.3 is 19.8 Å². The monoisotopic (exact) mass is 580 g/mol. The third-order valence-electron chi connectivity index (χ3n) is 10.1. The number of piperidine rings is 1. The van der Waals surface area contributed by atoms with Gasteiger partial charge in [-0.15, -0.1) is 0 Å². The van der Waals surface area contributed by atoms with Gasteiger partial charge in [-0.05, 0) is 74.4 Å². The number of aromatic hydroxyl groups is 1. The van der Waals surface area contributed by atoms with Crippen LogP contribution in [0.25, 0.3) is 0 Å². The number of phenols is 1. The maximum atomic E-state index is 13.9. The van der Waals surface area contributed by atoms with E-state index in [0.29, 0.717) is 48.4 Å². The van der Waals surface area contributed by atoms with Gasteiger partial charge in [0, 0.05) is 55.2 Å². The molecule has 2 aromatic rings. The fourth-order valence-corrected chi connectivity index (χ4v) is 8.01. The Morgan fingerprint density at radius 2 is 1.88 bits per heavy atom. The zero-order chi connectivity index (χ0) is 29.6. The van der Waals surface area contributed by atoms with Crippen molar-refractivity contribution in [3.63, 3.8) is 0 Å². The lowest BCUT2D eigenvalue weighted by atomic mass is 9.47. The second-order valence-electron chi connectivity index (χ2n) is 12.5. The predicted octanol–water partition coefficient (Wildman–Crippen LogP) is 3.74. The highest BCUT2D eigenvalue weighted by Gasteiger charge is 2.75. The molecule has 10 heteroatoms. The number of amides is 1. The van der Waals surface area contributed by atoms with Crippen molar-refractivity contribution < 1.29 is 37.7 Å². The van der Waals surface area contributed by atoms with Crippen LogP contribution in [0.4, 0.5) is 13.2 Å². The molecule has 7 rings (SSSR count). The van der Waals surface area contributed by atoms with Gasteiger partial charge in [-0.25, -0.2) is 0 Å². The molecule has 3 fully saturated rings. The number of alkyl halides is 3. The maximum Gasteiger partial charge on any atom is 0.416 e. The molecule has 220 valence electrons. The number of likely N-dealkylation sites (tertiary alicyclic amines) is 1. The largest absolute Gasteiger partial charge is 0.504 e. The molecule has 5 aliphatic rings. The van der Waals surface area contributed by atoms with Crippen LogP contribution in [0.5, 0.6) is 11.5 Å². The Balaban J connectivity index is 1.17. The number of aliphatic hydroxyl groups is 1. The third kappa shape index (κ3) is 3.89. The molecule has 0 aromatic heterocycles. The highest BCUT2D eigenvalue weighted by Crippen LogP contribution is 2.66. The Morgan fingerprint density at radius 1 is 1.14 bits per heavy atom. The van der Waals surface area contributed by atoms with Gasteiger partial charge in [-0.1, -0.05) is 5.92 Å². The molecular weight excluding hydrogens is 549 g/mol. The van der Waals surface area contributed by atoms with Gasteiger partial charge in [0.25, 0.3) is 5.91 Å². The summed E-state index contributed by atoms with van der Waals surface area (Å²) in [6.07, 6.45) is -1.34. The zero-order valence-electron chi connectivity index (χ0n) is 23.1. The van der Waals surface area contributed by atoms with Crippen molar-refractivity contribution in [1.82, 2.24) is 9.80 Å². The van der Waals surface area contributed by atoms with E-state index in [-0.39, 0.29) is 29.7 Å². The lowest BCUT2D eigenvalue weighted by molar-refractivity contribution is -0.185. The Labute approximate surface area is 241 Å². The Morgan fingerprint density at radius 3 is 2.57 bits per heavy atom. The minimum Gasteiger partial charge on any atom is -0.504 e. The molecular formula is C32H31F3N2O5. The van der Waals surface area contributed by atoms with Gasteiger partial charge in [0.1, 0.15) is 17.7 Å². The number of halogens is 3. The first-order valence-electron chi connectivity index (χ1n) is 14.4. The highest BCUT2D eigenvalue weighted by molar-refractivity contribution is 6.06. The van der Waals surface area contributed by atoms with Crippen molar-refractivity contribution in [2.75, 3.05) is 26.7 Å². The molecule has 1 amide bonds. The second-order valence-corrected chi connectivity index (χ2v) is 12.5. The summed E-state index contributed by atoms with van der Waals surface area (Å²) in [5.74, 6) is 5.05. The van der Waals surface area contributed by atoms with Gasteiger partial charge in [0.2, 0.25) is 0 Å². The van der Waals surface area contributed by atoms with Crippen molar-refractivity contribution in [3.05, 3.63) is 58.7 Å². The Bertz CT molecular complexity index is 1540. The Kier molecular flexibility index (Phi) is 5.99. The summed E-state index contributed by atoms with van der Waals surface area (Å²) in [5, 5.41) is 23.3. The number of nitrogens with zero attached hydrogens (tertiary/aromatic N) is 2. The molecule has 2 heterocycles. The normalized spacial score (nSPS) is 31.1. The van der Waals surface area contributed by atoms with Crippen LogP contribution in [0.2, 0.25) is 0 Å². The SMILES string of the molecule is CN(C[C@H]1CC[C@@]2(O)[C@H]3C(=O)c4ccc(O)c5c4[C@@]2(CCN3CC2CC2)[C@H]1O5)C(=O)C#Cc1ccc(C(F)(F)F)cc1. The van der Waals surface area contributed by atoms with Gasteiger partial charge in [0.05, 0.1) is 11.0 Å². The van der Waals surface area contributed by atoms with E-state index in [1.54, 1.807) is 13.1 Å². The number of phenolic OH excluding ortho intramolecular Hbond substituents is 1. The summed E-state index contributed by atoms with van der Waals surface area (Å²) < 4.78 is 45.0. The maximum absolute atomic E-state index is 13.9. The number of benzene rings is 2. The zero-order valence-corrected chi connectivity index (χ0v) is 23.1. The summed E-state index contributed by atoms with van der Waals surface area (Å²) in [6.45, 7) is 1.67. The number of ketones is 1. The number of carbonyl (C=O) groups excluding carboxylic acids is 2. The molecule has 2 saturated carbocycles. The van der Waals surface area contributed by atoms with Gasteiger partial charge >= 0.3 is 6.18 Å². The molecule has 2 N–H and O–H groups in total. The number of Topliss-reactive ketones (excluding diaryl/α,β-unsaturated/α-hetero) is 1. The first kappa shape index (κ1) is 27.3. The van der Waals surface area contributed by atoms with E-state index in [1.807, 2.05) is 0 Å². The van der Waals surface area contributed by atoms with Gasteiger partial charge in [-0.3, -0.25) is 14.5 Å². The van der Waals surface area contributed by atoms with E-state index in [1.165, 1.54) is 23.1 Å². The van der Waals surface area contributed by atoms with E-state index >= 15 is 0 Å². The van der Waals surface area contributed by atoms with Crippen LogP contribution in [0, 0.1) is 23.7 Å². The summed E-state index contributed by atoms with van der Waals surface area (Å²) in [7, 11) is 1.61. The van der Waals surface area contributed by atoms with Crippen LogP contribution in [-0.4, -0.2) is 76.1 Å². The molecule has 2 aromatic carbocycles. The van der Waals surface area contributed by atoms with Crippen LogP contribution in [0.3, 0.4) is 0 Å². The number of carbonyl (C=O) groups is 2. The summed E-state index contributed by atoms with van der Waals surface area (Å²) in [5.41, 5.74) is -1.66.